The van der Waals surface area contributed by atoms with E-state index in [4.69, 9.17) is 0 Å². The van der Waals surface area contributed by atoms with Gasteiger partial charge in [-0.15, -0.1) is 0 Å². The van der Waals surface area contributed by atoms with E-state index in [0.717, 1.165) is 10.2 Å². The number of para-hydroxylation sites is 1. The molecule has 2 heterocycles. The molecule has 0 bridgehead atoms. The molecule has 0 fully saturated rings. The number of hydrogen-bond donors (Lipinski definition) is 0. The summed E-state index contributed by atoms with van der Waals surface area (Å²) in [7, 11) is 0. The van der Waals surface area contributed by atoms with Gasteiger partial charge in [-0.25, -0.2) is 4.98 Å². The monoisotopic (exact) mass is 381 g/mol. The highest BCUT2D eigenvalue weighted by atomic mass is 79.9. The van der Waals surface area contributed by atoms with Crippen LogP contribution in [-0.2, 0) is 6.54 Å². The molecule has 6 nitrogen and oxygen atoms in total. The van der Waals surface area contributed by atoms with Gasteiger partial charge in [-0.3, -0.25) is 9.36 Å². The first-order valence-corrected chi connectivity index (χ1v) is 8.11. The molecule has 0 unspecified atom stereocenters. The van der Waals surface area contributed by atoms with Crippen LogP contribution in [0.2, 0.25) is 0 Å². The van der Waals surface area contributed by atoms with Crippen molar-refractivity contribution < 1.29 is 0 Å². The predicted octanol–water partition coefficient (Wildman–Crippen LogP) is 2.79. The smallest absolute Gasteiger partial charge is 0.261 e. The van der Waals surface area contributed by atoms with E-state index < -0.39 is 0 Å². The molecule has 0 amide bonds. The standard InChI is InChI=1S/C17H12BrN5O/c18-12-6-7-16-15(8-12)17(24)22(11-19-16)10-13-9-20-23(21-13)14-4-2-1-3-5-14/h1-9,11H,10H2. The van der Waals surface area contributed by atoms with Gasteiger partial charge in [0.1, 0.15) is 5.69 Å². The summed E-state index contributed by atoms with van der Waals surface area (Å²) >= 11 is 3.39. The highest BCUT2D eigenvalue weighted by Crippen LogP contribution is 2.15. The van der Waals surface area contributed by atoms with Crippen LogP contribution in [0.5, 0.6) is 0 Å². The quantitative estimate of drug-likeness (QED) is 0.547. The molecule has 0 aliphatic rings. The third kappa shape index (κ3) is 2.74. The van der Waals surface area contributed by atoms with Crippen LogP contribution < -0.4 is 5.56 Å². The Labute approximate surface area is 145 Å². The largest absolute Gasteiger partial charge is 0.293 e. The molecule has 0 saturated carbocycles. The number of aromatic nitrogens is 5. The van der Waals surface area contributed by atoms with Gasteiger partial charge in [-0.1, -0.05) is 34.1 Å². The first kappa shape index (κ1) is 14.8. The average molecular weight is 382 g/mol. The van der Waals surface area contributed by atoms with Gasteiger partial charge < -0.3 is 0 Å². The fourth-order valence-corrected chi connectivity index (χ4v) is 2.83. The zero-order chi connectivity index (χ0) is 16.5. The van der Waals surface area contributed by atoms with Crippen LogP contribution in [0, 0.1) is 0 Å². The number of nitrogens with zero attached hydrogens (tertiary/aromatic N) is 5. The van der Waals surface area contributed by atoms with Gasteiger partial charge >= 0.3 is 0 Å². The number of benzene rings is 2. The van der Waals surface area contributed by atoms with Crippen molar-refractivity contribution in [2.24, 2.45) is 0 Å². The molecule has 0 atom stereocenters. The van der Waals surface area contributed by atoms with Crippen LogP contribution in [0.4, 0.5) is 0 Å². The van der Waals surface area contributed by atoms with E-state index in [-0.39, 0.29) is 5.56 Å². The van der Waals surface area contributed by atoms with Crippen LogP contribution in [0.25, 0.3) is 16.6 Å². The van der Waals surface area contributed by atoms with Crippen molar-refractivity contribution in [3.63, 3.8) is 0 Å². The minimum absolute atomic E-state index is 0.101. The first-order valence-electron chi connectivity index (χ1n) is 7.32. The summed E-state index contributed by atoms with van der Waals surface area (Å²) in [6.45, 7) is 0.321. The maximum Gasteiger partial charge on any atom is 0.261 e. The predicted molar refractivity (Wildman–Crippen MR) is 94.2 cm³/mol. The Morgan fingerprint density at radius 1 is 1.08 bits per heavy atom. The van der Waals surface area contributed by atoms with Crippen molar-refractivity contribution in [2.75, 3.05) is 0 Å². The Morgan fingerprint density at radius 3 is 2.75 bits per heavy atom. The minimum Gasteiger partial charge on any atom is -0.293 e. The summed E-state index contributed by atoms with van der Waals surface area (Å²) in [4.78, 5) is 18.5. The number of rotatable bonds is 3. The van der Waals surface area contributed by atoms with Crippen molar-refractivity contribution in [2.45, 2.75) is 6.54 Å². The minimum atomic E-state index is -0.101. The molecular weight excluding hydrogens is 370 g/mol. The Hall–Kier alpha value is -2.80. The molecule has 2 aromatic heterocycles. The van der Waals surface area contributed by atoms with Gasteiger partial charge in [0.05, 0.1) is 35.7 Å². The maximum atomic E-state index is 12.6. The summed E-state index contributed by atoms with van der Waals surface area (Å²) in [5, 5.41) is 9.25. The molecule has 118 valence electrons. The van der Waals surface area contributed by atoms with Gasteiger partial charge in [-0.2, -0.15) is 15.0 Å². The van der Waals surface area contributed by atoms with E-state index in [1.807, 2.05) is 42.5 Å². The molecule has 4 aromatic rings. The summed E-state index contributed by atoms with van der Waals surface area (Å²) < 4.78 is 2.38. The zero-order valence-corrected chi connectivity index (χ0v) is 14.1. The lowest BCUT2D eigenvalue weighted by Gasteiger charge is -2.04. The van der Waals surface area contributed by atoms with Crippen molar-refractivity contribution in [3.8, 4) is 5.69 Å². The van der Waals surface area contributed by atoms with E-state index in [0.29, 0.717) is 23.1 Å². The summed E-state index contributed by atoms with van der Waals surface area (Å²) in [5.74, 6) is 0. The van der Waals surface area contributed by atoms with E-state index >= 15 is 0 Å². The molecule has 0 spiro atoms. The van der Waals surface area contributed by atoms with Crippen molar-refractivity contribution in [1.82, 2.24) is 24.5 Å². The maximum absolute atomic E-state index is 12.6. The topological polar surface area (TPSA) is 65.6 Å². The molecule has 7 heteroatoms. The third-order valence-electron chi connectivity index (χ3n) is 3.64. The fourth-order valence-electron chi connectivity index (χ4n) is 2.47. The Kier molecular flexibility index (Phi) is 3.70. The number of fused-ring (bicyclic) bond motifs is 1. The average Bonchev–Trinajstić information content (AvgIpc) is 3.07. The summed E-state index contributed by atoms with van der Waals surface area (Å²) in [5.41, 5.74) is 2.14. The molecule has 0 aliphatic carbocycles. The Balaban J connectivity index is 1.69. The molecular formula is C17H12BrN5O. The fraction of sp³-hybridized carbons (Fsp3) is 0.0588. The zero-order valence-electron chi connectivity index (χ0n) is 12.5. The Morgan fingerprint density at radius 2 is 1.92 bits per heavy atom. The van der Waals surface area contributed by atoms with Crippen LogP contribution in [-0.4, -0.2) is 24.5 Å². The molecule has 4 rings (SSSR count). The third-order valence-corrected chi connectivity index (χ3v) is 4.14. The lowest BCUT2D eigenvalue weighted by atomic mass is 10.2. The van der Waals surface area contributed by atoms with Crippen LogP contribution in [0.1, 0.15) is 5.69 Å². The lowest BCUT2D eigenvalue weighted by Crippen LogP contribution is -2.21. The second-order valence-electron chi connectivity index (χ2n) is 5.30. The van der Waals surface area contributed by atoms with E-state index in [2.05, 4.69) is 31.1 Å². The molecule has 0 radical (unpaired) electrons. The molecule has 0 saturated heterocycles. The van der Waals surface area contributed by atoms with E-state index in [1.54, 1.807) is 23.4 Å². The van der Waals surface area contributed by atoms with Gasteiger partial charge in [0.15, 0.2) is 0 Å². The van der Waals surface area contributed by atoms with Crippen molar-refractivity contribution in [3.05, 3.63) is 81.6 Å². The van der Waals surface area contributed by atoms with Crippen LogP contribution in [0.15, 0.2) is 70.3 Å². The summed E-state index contributed by atoms with van der Waals surface area (Å²) in [6.07, 6.45) is 3.20. The van der Waals surface area contributed by atoms with E-state index in [9.17, 15) is 4.79 Å². The lowest BCUT2D eigenvalue weighted by molar-refractivity contribution is 0.694. The molecule has 24 heavy (non-hydrogen) atoms. The normalized spacial score (nSPS) is 11.0. The van der Waals surface area contributed by atoms with Gasteiger partial charge in [0.2, 0.25) is 0 Å². The molecule has 0 N–H and O–H groups in total. The van der Waals surface area contributed by atoms with Crippen molar-refractivity contribution in [1.29, 1.82) is 0 Å². The van der Waals surface area contributed by atoms with Crippen LogP contribution >= 0.6 is 15.9 Å². The second kappa shape index (κ2) is 6.01. The van der Waals surface area contributed by atoms with Crippen molar-refractivity contribution >= 4 is 26.8 Å². The second-order valence-corrected chi connectivity index (χ2v) is 6.22. The SMILES string of the molecule is O=c1c2cc(Br)ccc2ncn1Cc1cnn(-c2ccccc2)n1. The van der Waals surface area contributed by atoms with Gasteiger partial charge in [-0.05, 0) is 30.3 Å². The first-order chi connectivity index (χ1) is 11.7. The highest BCUT2D eigenvalue weighted by molar-refractivity contribution is 9.10. The summed E-state index contributed by atoms with van der Waals surface area (Å²) in [6, 6.07) is 15.1. The van der Waals surface area contributed by atoms with E-state index in [1.165, 1.54) is 4.57 Å². The number of hydrogen-bond acceptors (Lipinski definition) is 4. The Bertz CT molecular complexity index is 1070. The molecule has 0 aliphatic heterocycles. The van der Waals surface area contributed by atoms with Gasteiger partial charge in [0.25, 0.3) is 5.56 Å². The highest BCUT2D eigenvalue weighted by Gasteiger charge is 2.08. The molecule has 2 aromatic carbocycles. The van der Waals surface area contributed by atoms with Crippen LogP contribution in [0.3, 0.4) is 0 Å². The number of halogens is 1. The van der Waals surface area contributed by atoms with Gasteiger partial charge in [0, 0.05) is 4.47 Å².